The van der Waals surface area contributed by atoms with Crippen LogP contribution in [0.15, 0.2) is 65.8 Å². The Morgan fingerprint density at radius 1 is 0.967 bits per heavy atom. The molecule has 0 bridgehead atoms. The quantitative estimate of drug-likeness (QED) is 0.173. The first-order valence-electron chi connectivity index (χ1n) is 10.7. The number of nitrogens with zero attached hydrogens (tertiary/aromatic N) is 4. The predicted molar refractivity (Wildman–Crippen MR) is 128 cm³/mol. The molecule has 0 aliphatic carbocycles. The molecule has 5 nitrogen and oxygen atoms in total. The summed E-state index contributed by atoms with van der Waals surface area (Å²) < 4.78 is 6.33. The topological polar surface area (TPSA) is 61.2 Å². The fourth-order valence-electron chi connectivity index (χ4n) is 3.09. The van der Waals surface area contributed by atoms with E-state index in [1.165, 1.54) is 11.1 Å². The number of benzene rings is 2. The van der Waals surface area contributed by atoms with Crippen LogP contribution in [0.4, 0.5) is 0 Å². The first-order chi connectivity index (χ1) is 14.2. The minimum absolute atomic E-state index is 0.118. The van der Waals surface area contributed by atoms with Crippen LogP contribution in [-0.2, 0) is 17.5 Å². The second-order valence-corrected chi connectivity index (χ2v) is 14.2. The Kier molecular flexibility index (Phi) is 9.12. The van der Waals surface area contributed by atoms with Crippen molar-refractivity contribution in [3.63, 3.8) is 0 Å². The predicted octanol–water partition coefficient (Wildman–Crippen LogP) is 6.78. The summed E-state index contributed by atoms with van der Waals surface area (Å²) in [5.74, 6) is 0. The SMILES string of the molecule is CC(C)(C)[Si](C)(C)OCC[C@H](CN(Cc1ccccc1)Cc1ccccc1)N=[N+]=[N-]. The van der Waals surface area contributed by atoms with Gasteiger partial charge in [0, 0.05) is 31.2 Å². The molecule has 0 unspecified atom stereocenters. The van der Waals surface area contributed by atoms with Crippen molar-refractivity contribution in [3.05, 3.63) is 82.2 Å². The molecule has 30 heavy (non-hydrogen) atoms. The van der Waals surface area contributed by atoms with Crippen molar-refractivity contribution in [2.75, 3.05) is 13.2 Å². The van der Waals surface area contributed by atoms with Crippen LogP contribution in [0.2, 0.25) is 18.1 Å². The number of azide groups is 1. The first kappa shape index (κ1) is 24.2. The van der Waals surface area contributed by atoms with Gasteiger partial charge in [-0.05, 0) is 41.2 Å². The second kappa shape index (κ2) is 11.3. The van der Waals surface area contributed by atoms with Crippen molar-refractivity contribution in [1.82, 2.24) is 4.90 Å². The van der Waals surface area contributed by atoms with E-state index >= 15 is 0 Å². The summed E-state index contributed by atoms with van der Waals surface area (Å²) in [5.41, 5.74) is 11.6. The molecule has 0 radical (unpaired) electrons. The van der Waals surface area contributed by atoms with E-state index in [0.717, 1.165) is 19.5 Å². The summed E-state index contributed by atoms with van der Waals surface area (Å²) >= 11 is 0. The van der Waals surface area contributed by atoms with Gasteiger partial charge in [0.25, 0.3) is 0 Å². The number of rotatable bonds is 11. The molecule has 0 aliphatic rings. The van der Waals surface area contributed by atoms with Crippen LogP contribution >= 0.6 is 0 Å². The van der Waals surface area contributed by atoms with Crippen molar-refractivity contribution in [1.29, 1.82) is 0 Å². The van der Waals surface area contributed by atoms with Crippen molar-refractivity contribution in [3.8, 4) is 0 Å². The van der Waals surface area contributed by atoms with E-state index in [1.54, 1.807) is 0 Å². The normalized spacial score (nSPS) is 13.1. The summed E-state index contributed by atoms with van der Waals surface area (Å²) in [5, 5.41) is 4.28. The van der Waals surface area contributed by atoms with Crippen LogP contribution in [0.5, 0.6) is 0 Å². The van der Waals surface area contributed by atoms with Crippen molar-refractivity contribution >= 4 is 8.32 Å². The molecule has 1 atom stereocenters. The van der Waals surface area contributed by atoms with E-state index in [1.807, 2.05) is 12.1 Å². The van der Waals surface area contributed by atoms with Gasteiger partial charge in [0.05, 0.1) is 6.04 Å². The number of hydrogen-bond donors (Lipinski definition) is 0. The van der Waals surface area contributed by atoms with Gasteiger partial charge in [-0.2, -0.15) is 0 Å². The zero-order valence-corrected chi connectivity index (χ0v) is 20.1. The minimum Gasteiger partial charge on any atom is -0.417 e. The van der Waals surface area contributed by atoms with Gasteiger partial charge in [-0.3, -0.25) is 4.90 Å². The van der Waals surface area contributed by atoms with Crippen molar-refractivity contribution in [2.24, 2.45) is 5.11 Å². The monoisotopic (exact) mass is 424 g/mol. The Morgan fingerprint density at radius 2 is 1.47 bits per heavy atom. The van der Waals surface area contributed by atoms with Gasteiger partial charge in [-0.25, -0.2) is 0 Å². The lowest BCUT2D eigenvalue weighted by molar-refractivity contribution is 0.213. The fraction of sp³-hybridized carbons (Fsp3) is 0.500. The third kappa shape index (κ3) is 7.96. The maximum absolute atomic E-state index is 9.13. The maximum atomic E-state index is 9.13. The van der Waals surface area contributed by atoms with Crippen LogP contribution in [0.3, 0.4) is 0 Å². The van der Waals surface area contributed by atoms with E-state index < -0.39 is 8.32 Å². The molecule has 0 N–H and O–H groups in total. The zero-order valence-electron chi connectivity index (χ0n) is 19.1. The molecule has 2 aromatic rings. The Labute approximate surface area is 182 Å². The first-order valence-corrected chi connectivity index (χ1v) is 13.6. The lowest BCUT2D eigenvalue weighted by Crippen LogP contribution is -2.41. The molecule has 0 aliphatic heterocycles. The maximum Gasteiger partial charge on any atom is 0.191 e. The molecule has 0 heterocycles. The van der Waals surface area contributed by atoms with Gasteiger partial charge in [0.15, 0.2) is 8.32 Å². The molecular formula is C24H36N4OSi. The molecule has 0 saturated heterocycles. The van der Waals surface area contributed by atoms with Gasteiger partial charge in [0.2, 0.25) is 0 Å². The molecule has 2 rings (SSSR count). The van der Waals surface area contributed by atoms with E-state index in [0.29, 0.717) is 13.2 Å². The molecule has 0 saturated carbocycles. The minimum atomic E-state index is -1.80. The van der Waals surface area contributed by atoms with Crippen LogP contribution < -0.4 is 0 Å². The van der Waals surface area contributed by atoms with Crippen molar-refractivity contribution < 1.29 is 4.43 Å². The molecule has 0 spiro atoms. The largest absolute Gasteiger partial charge is 0.417 e. The summed E-state index contributed by atoms with van der Waals surface area (Å²) in [6, 6.07) is 20.8. The molecule has 0 amide bonds. The van der Waals surface area contributed by atoms with Crippen LogP contribution in [0, 0.1) is 0 Å². The van der Waals surface area contributed by atoms with Crippen LogP contribution in [0.1, 0.15) is 38.3 Å². The summed E-state index contributed by atoms with van der Waals surface area (Å²) in [7, 11) is -1.80. The van der Waals surface area contributed by atoms with Gasteiger partial charge in [-0.1, -0.05) is 86.5 Å². The number of hydrogen-bond acceptors (Lipinski definition) is 3. The van der Waals surface area contributed by atoms with E-state index in [9.17, 15) is 0 Å². The van der Waals surface area contributed by atoms with Crippen LogP contribution in [-0.4, -0.2) is 32.4 Å². The Morgan fingerprint density at radius 3 is 1.90 bits per heavy atom. The Balaban J connectivity index is 2.06. The highest BCUT2D eigenvalue weighted by Crippen LogP contribution is 2.36. The van der Waals surface area contributed by atoms with Gasteiger partial charge < -0.3 is 4.43 Å². The zero-order chi connectivity index (χ0) is 22.0. The average Bonchev–Trinajstić information content (AvgIpc) is 2.68. The lowest BCUT2D eigenvalue weighted by Gasteiger charge is -2.36. The molecular weight excluding hydrogens is 388 g/mol. The summed E-state index contributed by atoms with van der Waals surface area (Å²) in [6.07, 6.45) is 0.733. The van der Waals surface area contributed by atoms with E-state index in [2.05, 4.69) is 97.3 Å². The van der Waals surface area contributed by atoms with E-state index in [-0.39, 0.29) is 11.1 Å². The summed E-state index contributed by atoms with van der Waals surface area (Å²) in [6.45, 7) is 14.2. The van der Waals surface area contributed by atoms with E-state index in [4.69, 9.17) is 9.96 Å². The highest BCUT2D eigenvalue weighted by Gasteiger charge is 2.37. The standard InChI is InChI=1S/C24H36N4OSi/c1-24(2,3)30(4,5)29-17-16-23(26-27-25)20-28(18-21-12-8-6-9-13-21)19-22-14-10-7-11-15-22/h6-15,23H,16-20H2,1-5H3/t23-/m1/s1. The molecule has 0 fully saturated rings. The molecule has 162 valence electrons. The van der Waals surface area contributed by atoms with Gasteiger partial charge in [0.1, 0.15) is 0 Å². The Bertz CT molecular complexity index is 757. The second-order valence-electron chi connectivity index (χ2n) is 9.40. The smallest absolute Gasteiger partial charge is 0.191 e. The molecule has 0 aromatic heterocycles. The fourth-order valence-corrected chi connectivity index (χ4v) is 4.15. The highest BCUT2D eigenvalue weighted by molar-refractivity contribution is 6.74. The molecule has 2 aromatic carbocycles. The van der Waals surface area contributed by atoms with Gasteiger partial charge >= 0.3 is 0 Å². The highest BCUT2D eigenvalue weighted by atomic mass is 28.4. The van der Waals surface area contributed by atoms with Gasteiger partial charge in [-0.15, -0.1) is 0 Å². The summed E-state index contributed by atoms with van der Waals surface area (Å²) in [4.78, 5) is 5.48. The Hall–Kier alpha value is -2.11. The third-order valence-corrected chi connectivity index (χ3v) is 10.4. The lowest BCUT2D eigenvalue weighted by atomic mass is 10.1. The van der Waals surface area contributed by atoms with Crippen LogP contribution in [0.25, 0.3) is 10.4 Å². The van der Waals surface area contributed by atoms with Crippen molar-refractivity contribution in [2.45, 2.75) is 64.5 Å². The molecule has 6 heteroatoms. The average molecular weight is 425 g/mol. The third-order valence-electron chi connectivity index (χ3n) is 5.90.